The Labute approximate surface area is 348 Å². The molecule has 0 saturated carbocycles. The third kappa shape index (κ3) is 5.06. The van der Waals surface area contributed by atoms with Gasteiger partial charge in [0, 0.05) is 53.3 Å². The van der Waals surface area contributed by atoms with Crippen LogP contribution in [0.25, 0.3) is 125 Å². The monoisotopic (exact) mass is 780 g/mol. The molecule has 0 radical (unpaired) electrons. The van der Waals surface area contributed by atoms with E-state index in [2.05, 4.69) is 180 Å². The van der Waals surface area contributed by atoms with Crippen molar-refractivity contribution in [1.82, 2.24) is 19.5 Å². The predicted molar refractivity (Wildman–Crippen MR) is 253 cm³/mol. The Hall–Kier alpha value is -7.73. The SMILES string of the molecule is c1ccc(-c2nc(-c3cccc4ccccc34)nc(-c3c4ccccc4cc4sc5cc(-n6c7cc8ccccc8cc7c7cc8ccccc8cc76)ccc5c34)n2)cc1. The van der Waals surface area contributed by atoms with Gasteiger partial charge in [0.15, 0.2) is 17.5 Å². The molecular weight excluding hydrogens is 749 g/mol. The van der Waals surface area contributed by atoms with Gasteiger partial charge in [-0.2, -0.15) is 0 Å². The van der Waals surface area contributed by atoms with Crippen LogP contribution in [0.4, 0.5) is 0 Å². The predicted octanol–water partition coefficient (Wildman–Crippen LogP) is 15.0. The van der Waals surface area contributed by atoms with Crippen molar-refractivity contribution in [3.05, 3.63) is 194 Å². The fourth-order valence-electron chi connectivity index (χ4n) is 9.37. The molecular formula is C55H32N4S. The molecule has 0 unspecified atom stereocenters. The van der Waals surface area contributed by atoms with Crippen LogP contribution in [0.1, 0.15) is 0 Å². The zero-order valence-electron chi connectivity index (χ0n) is 32.2. The van der Waals surface area contributed by atoms with Gasteiger partial charge in [-0.15, -0.1) is 11.3 Å². The third-order valence-electron chi connectivity index (χ3n) is 12.1. The second-order valence-corrected chi connectivity index (χ2v) is 16.7. The highest BCUT2D eigenvalue weighted by Gasteiger charge is 2.22. The molecule has 0 aliphatic rings. The van der Waals surface area contributed by atoms with Crippen molar-refractivity contribution >= 4 is 96.4 Å². The number of nitrogens with zero attached hydrogens (tertiary/aromatic N) is 4. The quantitative estimate of drug-likeness (QED) is 0.179. The third-order valence-corrected chi connectivity index (χ3v) is 13.2. The maximum Gasteiger partial charge on any atom is 0.165 e. The largest absolute Gasteiger partial charge is 0.309 e. The molecule has 0 aliphatic heterocycles. The second-order valence-electron chi connectivity index (χ2n) is 15.6. The standard InChI is InChI=1S/C55H32N4S/c1-2-14-34(15-3-1)53-56-54(43-24-12-21-33-13-8-10-22-41(33)43)58-55(57-53)52-42-23-11-9-20-39(42)31-50-51(52)44-26-25-40(32-49(44)60-50)59-47-29-37-18-6-4-16-35(37)27-45(47)46-28-36-17-5-7-19-38(36)30-48(46)59/h1-32H. The number of thiophene rings is 1. The molecule has 0 spiro atoms. The molecule has 0 atom stereocenters. The summed E-state index contributed by atoms with van der Waals surface area (Å²) in [6.45, 7) is 0. The van der Waals surface area contributed by atoms with Gasteiger partial charge in [0.05, 0.1) is 11.0 Å². The van der Waals surface area contributed by atoms with Gasteiger partial charge in [-0.05, 0) is 85.6 Å². The van der Waals surface area contributed by atoms with Gasteiger partial charge in [-0.3, -0.25) is 0 Å². The molecule has 0 bridgehead atoms. The molecule has 13 aromatic rings. The van der Waals surface area contributed by atoms with Crippen molar-refractivity contribution in [2.75, 3.05) is 0 Å². The van der Waals surface area contributed by atoms with E-state index in [9.17, 15) is 0 Å². The van der Waals surface area contributed by atoms with E-state index in [4.69, 9.17) is 15.0 Å². The Kier molecular flexibility index (Phi) is 7.14. The summed E-state index contributed by atoms with van der Waals surface area (Å²) in [6.07, 6.45) is 0. The van der Waals surface area contributed by atoms with Crippen LogP contribution in [0.3, 0.4) is 0 Å². The number of hydrogen-bond acceptors (Lipinski definition) is 4. The fourth-order valence-corrected chi connectivity index (χ4v) is 10.6. The molecule has 0 aliphatic carbocycles. The first-order valence-electron chi connectivity index (χ1n) is 20.3. The summed E-state index contributed by atoms with van der Waals surface area (Å²) < 4.78 is 4.87. The summed E-state index contributed by atoms with van der Waals surface area (Å²) >= 11 is 1.83. The summed E-state index contributed by atoms with van der Waals surface area (Å²) in [5.74, 6) is 1.97. The smallest absolute Gasteiger partial charge is 0.165 e. The van der Waals surface area contributed by atoms with Crippen LogP contribution in [0.5, 0.6) is 0 Å². The lowest BCUT2D eigenvalue weighted by molar-refractivity contribution is 1.08. The normalized spacial score (nSPS) is 12.0. The zero-order chi connectivity index (χ0) is 39.3. The molecule has 0 N–H and O–H groups in total. The Morgan fingerprint density at radius 2 is 0.917 bits per heavy atom. The van der Waals surface area contributed by atoms with E-state index in [-0.39, 0.29) is 0 Å². The van der Waals surface area contributed by atoms with E-state index in [1.165, 1.54) is 58.1 Å². The van der Waals surface area contributed by atoms with Gasteiger partial charge in [-0.25, -0.2) is 15.0 Å². The molecule has 60 heavy (non-hydrogen) atoms. The number of fused-ring (bicyclic) bond motifs is 10. The molecule has 3 aromatic heterocycles. The maximum atomic E-state index is 5.39. The molecule has 3 heterocycles. The van der Waals surface area contributed by atoms with E-state index < -0.39 is 0 Å². The molecule has 0 fully saturated rings. The minimum Gasteiger partial charge on any atom is -0.309 e. The summed E-state index contributed by atoms with van der Waals surface area (Å²) in [4.78, 5) is 15.9. The number of aromatic nitrogens is 4. The van der Waals surface area contributed by atoms with Gasteiger partial charge in [0.2, 0.25) is 0 Å². The van der Waals surface area contributed by atoms with Crippen LogP contribution >= 0.6 is 11.3 Å². The molecule has 0 saturated heterocycles. The van der Waals surface area contributed by atoms with E-state index in [0.29, 0.717) is 17.5 Å². The Bertz CT molecular complexity index is 3800. The molecule has 5 heteroatoms. The van der Waals surface area contributed by atoms with E-state index >= 15 is 0 Å². The summed E-state index contributed by atoms with van der Waals surface area (Å²) in [5.41, 5.74) is 6.49. The van der Waals surface area contributed by atoms with E-state index in [0.717, 1.165) is 49.3 Å². The molecule has 13 rings (SSSR count). The summed E-state index contributed by atoms with van der Waals surface area (Å²) in [7, 11) is 0. The highest BCUT2D eigenvalue weighted by atomic mass is 32.1. The Morgan fingerprint density at radius 1 is 0.350 bits per heavy atom. The van der Waals surface area contributed by atoms with Crippen molar-refractivity contribution < 1.29 is 0 Å². The first kappa shape index (κ1) is 33.3. The van der Waals surface area contributed by atoms with Gasteiger partial charge in [0.25, 0.3) is 0 Å². The van der Waals surface area contributed by atoms with Crippen LogP contribution in [0.15, 0.2) is 194 Å². The topological polar surface area (TPSA) is 43.6 Å². The van der Waals surface area contributed by atoms with Gasteiger partial charge < -0.3 is 4.57 Å². The lowest BCUT2D eigenvalue weighted by atomic mass is 9.97. The minimum atomic E-state index is 0.651. The number of rotatable bonds is 4. The average Bonchev–Trinajstić information content (AvgIpc) is 3.82. The second kappa shape index (κ2) is 12.9. The van der Waals surface area contributed by atoms with Gasteiger partial charge in [0.1, 0.15) is 0 Å². The molecule has 0 amide bonds. The van der Waals surface area contributed by atoms with Crippen molar-refractivity contribution in [1.29, 1.82) is 0 Å². The first-order valence-corrected chi connectivity index (χ1v) is 21.1. The summed E-state index contributed by atoms with van der Waals surface area (Å²) in [6, 6.07) is 69.8. The zero-order valence-corrected chi connectivity index (χ0v) is 33.0. The highest BCUT2D eigenvalue weighted by Crippen LogP contribution is 2.46. The summed E-state index contributed by atoms with van der Waals surface area (Å²) in [5, 5.41) is 14.3. The number of benzene rings is 10. The number of hydrogen-bond donors (Lipinski definition) is 0. The van der Waals surface area contributed by atoms with Crippen molar-refractivity contribution in [3.8, 4) is 39.9 Å². The minimum absolute atomic E-state index is 0.651. The lowest BCUT2D eigenvalue weighted by Gasteiger charge is -2.13. The van der Waals surface area contributed by atoms with Gasteiger partial charge >= 0.3 is 0 Å². The van der Waals surface area contributed by atoms with Gasteiger partial charge in [-0.1, -0.05) is 152 Å². The van der Waals surface area contributed by atoms with Crippen LogP contribution in [-0.4, -0.2) is 19.5 Å². The van der Waals surface area contributed by atoms with Crippen LogP contribution < -0.4 is 0 Å². The van der Waals surface area contributed by atoms with E-state index in [1.54, 1.807) is 0 Å². The van der Waals surface area contributed by atoms with Crippen molar-refractivity contribution in [3.63, 3.8) is 0 Å². The Morgan fingerprint density at radius 3 is 1.63 bits per heavy atom. The van der Waals surface area contributed by atoms with Crippen LogP contribution in [0.2, 0.25) is 0 Å². The molecule has 4 nitrogen and oxygen atoms in total. The molecule has 10 aromatic carbocycles. The first-order chi connectivity index (χ1) is 29.7. The Balaban J connectivity index is 1.09. The maximum absolute atomic E-state index is 5.39. The average molecular weight is 781 g/mol. The fraction of sp³-hybridized carbons (Fsp3) is 0. The highest BCUT2D eigenvalue weighted by molar-refractivity contribution is 7.26. The van der Waals surface area contributed by atoms with Crippen LogP contribution in [0, 0.1) is 0 Å². The molecule has 278 valence electrons. The lowest BCUT2D eigenvalue weighted by Crippen LogP contribution is -2.01. The van der Waals surface area contributed by atoms with Crippen molar-refractivity contribution in [2.45, 2.75) is 0 Å². The van der Waals surface area contributed by atoms with Crippen molar-refractivity contribution in [2.24, 2.45) is 0 Å². The van der Waals surface area contributed by atoms with E-state index in [1.807, 2.05) is 29.5 Å². The van der Waals surface area contributed by atoms with Crippen LogP contribution in [-0.2, 0) is 0 Å².